The van der Waals surface area contributed by atoms with E-state index in [1.54, 1.807) is 0 Å². The molecule has 0 bridgehead atoms. The van der Waals surface area contributed by atoms with Crippen LogP contribution < -0.4 is 0 Å². The van der Waals surface area contributed by atoms with Gasteiger partial charge >= 0.3 is 6.18 Å². The normalized spacial score (nSPS) is 36.0. The second-order valence-electron chi connectivity index (χ2n) is 6.50. The molecule has 1 aliphatic heterocycles. The highest BCUT2D eigenvalue weighted by Crippen LogP contribution is 2.45. The number of likely N-dealkylation sites (tertiary alicyclic amines) is 1. The maximum atomic E-state index is 12.9. The van der Waals surface area contributed by atoms with E-state index in [-0.39, 0.29) is 13.1 Å². The SMILES string of the molecule is CCC1(C)CCC(N2CC(OC)(C(F)(F)F)C2)CC1. The van der Waals surface area contributed by atoms with Gasteiger partial charge in [-0.25, -0.2) is 0 Å². The number of hydrogen-bond acceptors (Lipinski definition) is 2. The van der Waals surface area contributed by atoms with Gasteiger partial charge in [0.05, 0.1) is 0 Å². The van der Waals surface area contributed by atoms with Gasteiger partial charge < -0.3 is 4.74 Å². The Labute approximate surface area is 113 Å². The molecule has 2 aliphatic rings. The molecule has 1 saturated carbocycles. The molecule has 0 unspecified atom stereocenters. The summed E-state index contributed by atoms with van der Waals surface area (Å²) in [5, 5.41) is 0. The Morgan fingerprint density at radius 2 is 1.74 bits per heavy atom. The molecule has 0 amide bonds. The smallest absolute Gasteiger partial charge is 0.366 e. The van der Waals surface area contributed by atoms with Crippen LogP contribution in [0, 0.1) is 5.41 Å². The van der Waals surface area contributed by atoms with E-state index in [1.165, 1.54) is 7.11 Å². The van der Waals surface area contributed by atoms with Crippen molar-refractivity contribution in [3.63, 3.8) is 0 Å². The first-order valence-electron chi connectivity index (χ1n) is 7.11. The molecule has 1 heterocycles. The second kappa shape index (κ2) is 4.92. The van der Waals surface area contributed by atoms with E-state index in [1.807, 2.05) is 4.90 Å². The lowest BCUT2D eigenvalue weighted by Gasteiger charge is -2.54. The van der Waals surface area contributed by atoms with E-state index in [0.29, 0.717) is 11.5 Å². The highest BCUT2D eigenvalue weighted by molar-refractivity contribution is 5.05. The highest BCUT2D eigenvalue weighted by Gasteiger charge is 2.63. The zero-order valence-electron chi connectivity index (χ0n) is 12.0. The molecule has 0 spiro atoms. The third kappa shape index (κ3) is 2.64. The van der Waals surface area contributed by atoms with Gasteiger partial charge in [0.25, 0.3) is 0 Å². The Bertz CT molecular complexity index is 315. The summed E-state index contributed by atoms with van der Waals surface area (Å²) in [5.41, 5.74) is -1.53. The Kier molecular flexibility index (Phi) is 3.91. The molecular formula is C14H24F3NO. The standard InChI is InChI=1S/C14H24F3NO/c1-4-12(2)7-5-11(6-8-12)18-9-13(10-18,19-3)14(15,16)17/h11H,4-10H2,1-3H3. The lowest BCUT2D eigenvalue weighted by Crippen LogP contribution is -2.72. The third-order valence-corrected chi connectivity index (χ3v) is 5.36. The van der Waals surface area contributed by atoms with E-state index in [4.69, 9.17) is 4.74 Å². The van der Waals surface area contributed by atoms with Crippen LogP contribution >= 0.6 is 0 Å². The molecule has 0 N–H and O–H groups in total. The molecule has 19 heavy (non-hydrogen) atoms. The Morgan fingerprint density at radius 3 is 2.11 bits per heavy atom. The largest absolute Gasteiger partial charge is 0.419 e. The molecule has 112 valence electrons. The molecule has 0 aromatic rings. The van der Waals surface area contributed by atoms with Crippen molar-refractivity contribution < 1.29 is 17.9 Å². The number of nitrogens with zero attached hydrogens (tertiary/aromatic N) is 1. The van der Waals surface area contributed by atoms with Crippen LogP contribution in [0.4, 0.5) is 13.2 Å². The zero-order chi connectivity index (χ0) is 14.3. The van der Waals surface area contributed by atoms with Crippen molar-refractivity contribution >= 4 is 0 Å². The molecule has 0 atom stereocenters. The predicted octanol–water partition coefficient (Wildman–Crippen LogP) is 3.61. The average molecular weight is 279 g/mol. The molecule has 1 saturated heterocycles. The maximum absolute atomic E-state index is 12.9. The lowest BCUT2D eigenvalue weighted by atomic mass is 9.71. The minimum Gasteiger partial charge on any atom is -0.366 e. The van der Waals surface area contributed by atoms with Gasteiger partial charge in [-0.05, 0) is 31.1 Å². The van der Waals surface area contributed by atoms with Crippen LogP contribution in [0.25, 0.3) is 0 Å². The van der Waals surface area contributed by atoms with Crippen LogP contribution in [0.2, 0.25) is 0 Å². The van der Waals surface area contributed by atoms with Gasteiger partial charge in [-0.2, -0.15) is 13.2 Å². The minimum atomic E-state index is -4.26. The Balaban J connectivity index is 1.88. The van der Waals surface area contributed by atoms with Crippen LogP contribution in [0.15, 0.2) is 0 Å². The summed E-state index contributed by atoms with van der Waals surface area (Å²) < 4.78 is 43.5. The maximum Gasteiger partial charge on any atom is 0.419 e. The van der Waals surface area contributed by atoms with E-state index in [9.17, 15) is 13.2 Å². The fourth-order valence-corrected chi connectivity index (χ4v) is 3.31. The number of alkyl halides is 3. The van der Waals surface area contributed by atoms with E-state index in [2.05, 4.69) is 13.8 Å². The fourth-order valence-electron chi connectivity index (χ4n) is 3.31. The van der Waals surface area contributed by atoms with Crippen molar-refractivity contribution in [2.24, 2.45) is 5.41 Å². The molecule has 5 heteroatoms. The molecule has 0 aromatic heterocycles. The van der Waals surface area contributed by atoms with Gasteiger partial charge in [0.2, 0.25) is 0 Å². The van der Waals surface area contributed by atoms with Gasteiger partial charge in [-0.3, -0.25) is 4.90 Å². The van der Waals surface area contributed by atoms with Crippen LogP contribution in [0.5, 0.6) is 0 Å². The van der Waals surface area contributed by atoms with Crippen molar-refractivity contribution in [3.05, 3.63) is 0 Å². The number of ether oxygens (including phenoxy) is 1. The van der Waals surface area contributed by atoms with Crippen molar-refractivity contribution in [3.8, 4) is 0 Å². The lowest BCUT2D eigenvalue weighted by molar-refractivity contribution is -0.316. The third-order valence-electron chi connectivity index (χ3n) is 5.36. The van der Waals surface area contributed by atoms with Crippen molar-refractivity contribution in [1.82, 2.24) is 4.90 Å². The van der Waals surface area contributed by atoms with Gasteiger partial charge in [-0.15, -0.1) is 0 Å². The zero-order valence-corrected chi connectivity index (χ0v) is 12.0. The van der Waals surface area contributed by atoms with Crippen LogP contribution in [-0.2, 0) is 4.74 Å². The van der Waals surface area contributed by atoms with Crippen LogP contribution in [0.3, 0.4) is 0 Å². The van der Waals surface area contributed by atoms with E-state index >= 15 is 0 Å². The van der Waals surface area contributed by atoms with Crippen LogP contribution in [-0.4, -0.2) is 42.9 Å². The monoisotopic (exact) mass is 279 g/mol. The molecule has 2 fully saturated rings. The van der Waals surface area contributed by atoms with Gasteiger partial charge in [-0.1, -0.05) is 20.3 Å². The first kappa shape index (κ1) is 15.1. The second-order valence-corrected chi connectivity index (χ2v) is 6.50. The Hall–Kier alpha value is -0.290. The molecule has 2 nitrogen and oxygen atoms in total. The highest BCUT2D eigenvalue weighted by atomic mass is 19.4. The van der Waals surface area contributed by atoms with Gasteiger partial charge in [0.1, 0.15) is 0 Å². The van der Waals surface area contributed by atoms with Gasteiger partial charge in [0.15, 0.2) is 5.60 Å². The van der Waals surface area contributed by atoms with Crippen molar-refractivity contribution in [1.29, 1.82) is 0 Å². The Morgan fingerprint density at radius 1 is 1.21 bits per heavy atom. The summed E-state index contributed by atoms with van der Waals surface area (Å²) in [5.74, 6) is 0. The summed E-state index contributed by atoms with van der Waals surface area (Å²) >= 11 is 0. The number of rotatable bonds is 3. The average Bonchev–Trinajstić information content (AvgIpc) is 2.29. The summed E-state index contributed by atoms with van der Waals surface area (Å²) in [7, 11) is 1.17. The summed E-state index contributed by atoms with van der Waals surface area (Å²) in [6.45, 7) is 4.49. The molecule has 0 radical (unpaired) electrons. The van der Waals surface area contributed by atoms with E-state index in [0.717, 1.165) is 32.1 Å². The molecule has 0 aromatic carbocycles. The summed E-state index contributed by atoms with van der Waals surface area (Å²) in [4.78, 5) is 1.95. The molecular weight excluding hydrogens is 255 g/mol. The number of halogens is 3. The number of hydrogen-bond donors (Lipinski definition) is 0. The van der Waals surface area contributed by atoms with Crippen molar-refractivity contribution in [2.45, 2.75) is 63.8 Å². The van der Waals surface area contributed by atoms with Crippen LogP contribution in [0.1, 0.15) is 46.0 Å². The first-order valence-corrected chi connectivity index (χ1v) is 7.11. The van der Waals surface area contributed by atoms with Gasteiger partial charge in [0, 0.05) is 26.2 Å². The summed E-state index contributed by atoms with van der Waals surface area (Å²) in [6.07, 6.45) is 1.17. The quantitative estimate of drug-likeness (QED) is 0.782. The minimum absolute atomic E-state index is 0.000502. The number of methoxy groups -OCH3 is 1. The topological polar surface area (TPSA) is 12.5 Å². The van der Waals surface area contributed by atoms with E-state index < -0.39 is 11.8 Å². The fraction of sp³-hybridized carbons (Fsp3) is 1.00. The van der Waals surface area contributed by atoms with Crippen molar-refractivity contribution in [2.75, 3.05) is 20.2 Å². The predicted molar refractivity (Wildman–Crippen MR) is 68.0 cm³/mol. The first-order chi connectivity index (χ1) is 8.75. The molecule has 2 rings (SSSR count). The summed E-state index contributed by atoms with van der Waals surface area (Å²) in [6, 6.07) is 0.310. The molecule has 1 aliphatic carbocycles.